The number of aliphatic hydroxyl groups excluding tert-OH is 2. The van der Waals surface area contributed by atoms with Gasteiger partial charge in [0.25, 0.3) is 0 Å². The Labute approximate surface area is 181 Å². The van der Waals surface area contributed by atoms with E-state index < -0.39 is 6.29 Å². The first-order valence-corrected chi connectivity index (χ1v) is 11.0. The van der Waals surface area contributed by atoms with Crippen molar-refractivity contribution in [2.24, 2.45) is 0 Å². The highest BCUT2D eigenvalue weighted by atomic mass is 16.6. The van der Waals surface area contributed by atoms with Crippen LogP contribution in [-0.2, 0) is 14.2 Å². The molecule has 0 aromatic heterocycles. The molecule has 0 aliphatic carbocycles. The van der Waals surface area contributed by atoms with Crippen molar-refractivity contribution in [3.8, 4) is 0 Å². The van der Waals surface area contributed by atoms with Gasteiger partial charge >= 0.3 is 0 Å². The van der Waals surface area contributed by atoms with Crippen LogP contribution in [-0.4, -0.2) is 68.2 Å². The number of nitrogen functional groups attached to an aromatic ring is 1. The van der Waals surface area contributed by atoms with Gasteiger partial charge in [-0.25, -0.2) is 0 Å². The molecule has 0 bridgehead atoms. The highest BCUT2D eigenvalue weighted by Gasteiger charge is 2.39. The Hall–Kier alpha value is -1.38. The van der Waals surface area contributed by atoms with Crippen molar-refractivity contribution in [1.29, 1.82) is 0 Å². The summed E-state index contributed by atoms with van der Waals surface area (Å²) in [4.78, 5) is 2.18. The average Bonchev–Trinajstić information content (AvgIpc) is 2.68. The number of hydrogen-bond donors (Lipinski definition) is 3. The highest BCUT2D eigenvalue weighted by Crippen LogP contribution is 2.45. The summed E-state index contributed by atoms with van der Waals surface area (Å²) in [6, 6.07) is 4.11. The first-order valence-electron chi connectivity index (χ1n) is 11.0. The fraction of sp³-hybridized carbons (Fsp3) is 0.739. The Morgan fingerprint density at radius 2 is 1.83 bits per heavy atom. The molecule has 2 atom stereocenters. The molecule has 7 heteroatoms. The molecule has 7 nitrogen and oxygen atoms in total. The van der Waals surface area contributed by atoms with E-state index in [0.717, 1.165) is 28.9 Å². The van der Waals surface area contributed by atoms with E-state index in [-0.39, 0.29) is 24.0 Å². The van der Waals surface area contributed by atoms with Crippen LogP contribution < -0.4 is 10.6 Å². The SMILES string of the molecule is CCOCCOCCOC(O)CN1c2cc(C(C)C)c(N)cc2C(CO)CC1(C)C. The molecule has 2 unspecified atom stereocenters. The number of nitrogens with zero attached hydrogens (tertiary/aromatic N) is 1. The van der Waals surface area contributed by atoms with E-state index in [1.54, 1.807) is 0 Å². The van der Waals surface area contributed by atoms with Gasteiger partial charge in [0.1, 0.15) is 0 Å². The van der Waals surface area contributed by atoms with Crippen LogP contribution in [0.3, 0.4) is 0 Å². The molecule has 1 heterocycles. The van der Waals surface area contributed by atoms with Crippen LogP contribution in [0.1, 0.15) is 64.0 Å². The third-order valence-electron chi connectivity index (χ3n) is 5.73. The van der Waals surface area contributed by atoms with Crippen LogP contribution in [0.2, 0.25) is 0 Å². The van der Waals surface area contributed by atoms with E-state index >= 15 is 0 Å². The molecular formula is C23H40N2O5. The first-order chi connectivity index (χ1) is 14.2. The van der Waals surface area contributed by atoms with E-state index in [1.807, 2.05) is 13.0 Å². The second kappa shape index (κ2) is 11.3. The van der Waals surface area contributed by atoms with Crippen molar-refractivity contribution in [1.82, 2.24) is 0 Å². The van der Waals surface area contributed by atoms with Gasteiger partial charge in [-0.2, -0.15) is 0 Å². The molecule has 172 valence electrons. The van der Waals surface area contributed by atoms with Crippen molar-refractivity contribution >= 4 is 11.4 Å². The highest BCUT2D eigenvalue weighted by molar-refractivity contribution is 5.68. The predicted octanol–water partition coefficient (Wildman–Crippen LogP) is 2.84. The van der Waals surface area contributed by atoms with Crippen LogP contribution in [0.5, 0.6) is 0 Å². The lowest BCUT2D eigenvalue weighted by atomic mass is 9.78. The largest absolute Gasteiger partial charge is 0.398 e. The Morgan fingerprint density at radius 1 is 1.17 bits per heavy atom. The number of benzene rings is 1. The van der Waals surface area contributed by atoms with Crippen LogP contribution in [0.15, 0.2) is 12.1 Å². The monoisotopic (exact) mass is 424 g/mol. The van der Waals surface area contributed by atoms with Crippen molar-refractivity contribution in [3.63, 3.8) is 0 Å². The zero-order chi connectivity index (χ0) is 22.3. The van der Waals surface area contributed by atoms with E-state index in [1.165, 1.54) is 0 Å². The minimum atomic E-state index is -0.946. The molecule has 0 radical (unpaired) electrons. The number of ether oxygens (including phenoxy) is 3. The van der Waals surface area contributed by atoms with Gasteiger partial charge in [0.2, 0.25) is 0 Å². The summed E-state index contributed by atoms with van der Waals surface area (Å²) in [5.41, 5.74) is 9.93. The fourth-order valence-electron chi connectivity index (χ4n) is 4.17. The lowest BCUT2D eigenvalue weighted by Gasteiger charge is -2.48. The number of anilines is 2. The summed E-state index contributed by atoms with van der Waals surface area (Å²) in [6.07, 6.45) is -0.178. The Kier molecular flexibility index (Phi) is 9.37. The number of rotatable bonds is 12. The minimum absolute atomic E-state index is 0.0200. The molecule has 0 spiro atoms. The molecule has 30 heavy (non-hydrogen) atoms. The zero-order valence-corrected chi connectivity index (χ0v) is 19.2. The molecule has 0 saturated carbocycles. The molecule has 2 rings (SSSR count). The van der Waals surface area contributed by atoms with Gasteiger partial charge in [0.05, 0.1) is 39.6 Å². The molecular weight excluding hydrogens is 384 g/mol. The average molecular weight is 425 g/mol. The number of hydrogen-bond acceptors (Lipinski definition) is 7. The molecule has 1 aromatic rings. The van der Waals surface area contributed by atoms with Gasteiger partial charge in [-0.3, -0.25) is 0 Å². The van der Waals surface area contributed by atoms with E-state index in [2.05, 4.69) is 38.7 Å². The number of nitrogens with two attached hydrogens (primary N) is 1. The topological polar surface area (TPSA) is 97.4 Å². The third-order valence-corrected chi connectivity index (χ3v) is 5.73. The van der Waals surface area contributed by atoms with Crippen molar-refractivity contribution in [2.45, 2.75) is 64.7 Å². The maximum atomic E-state index is 10.5. The smallest absolute Gasteiger partial charge is 0.172 e. The maximum absolute atomic E-state index is 10.5. The summed E-state index contributed by atoms with van der Waals surface area (Å²) in [5.74, 6) is 0.302. The normalized spacial score (nSPS) is 19.2. The van der Waals surface area contributed by atoms with Crippen LogP contribution in [0.25, 0.3) is 0 Å². The summed E-state index contributed by atoms with van der Waals surface area (Å²) in [6.45, 7) is 13.3. The summed E-state index contributed by atoms with van der Waals surface area (Å²) in [5, 5.41) is 20.5. The fourth-order valence-corrected chi connectivity index (χ4v) is 4.17. The molecule has 0 fully saturated rings. The Balaban J connectivity index is 2.10. The van der Waals surface area contributed by atoms with Gasteiger partial charge < -0.3 is 35.1 Å². The summed E-state index contributed by atoms with van der Waals surface area (Å²) in [7, 11) is 0. The summed E-state index contributed by atoms with van der Waals surface area (Å²) >= 11 is 0. The molecule has 0 amide bonds. The Morgan fingerprint density at radius 3 is 2.47 bits per heavy atom. The number of β-amino-alcohol motifs (C(OH)–C–C–N with tert-alkyl or cyclic N) is 1. The van der Waals surface area contributed by atoms with E-state index in [9.17, 15) is 10.2 Å². The third kappa shape index (κ3) is 6.31. The van der Waals surface area contributed by atoms with Gasteiger partial charge in [-0.05, 0) is 56.4 Å². The number of aliphatic hydroxyl groups is 2. The molecule has 1 aromatic carbocycles. The second-order valence-corrected chi connectivity index (χ2v) is 8.84. The van der Waals surface area contributed by atoms with Crippen LogP contribution in [0.4, 0.5) is 11.4 Å². The van der Waals surface area contributed by atoms with E-state index in [0.29, 0.717) is 39.6 Å². The van der Waals surface area contributed by atoms with Gasteiger partial charge in [0, 0.05) is 29.4 Å². The Bertz CT molecular complexity index is 665. The first kappa shape index (κ1) is 24.9. The summed E-state index contributed by atoms with van der Waals surface area (Å²) < 4.78 is 16.3. The van der Waals surface area contributed by atoms with E-state index in [4.69, 9.17) is 19.9 Å². The van der Waals surface area contributed by atoms with Crippen LogP contribution in [0, 0.1) is 0 Å². The lowest BCUT2D eigenvalue weighted by molar-refractivity contribution is -0.109. The molecule has 0 saturated heterocycles. The molecule has 1 aliphatic heterocycles. The number of fused-ring (bicyclic) bond motifs is 1. The maximum Gasteiger partial charge on any atom is 0.172 e. The van der Waals surface area contributed by atoms with Gasteiger partial charge in [-0.1, -0.05) is 13.8 Å². The predicted molar refractivity (Wildman–Crippen MR) is 120 cm³/mol. The van der Waals surface area contributed by atoms with Gasteiger partial charge in [-0.15, -0.1) is 0 Å². The van der Waals surface area contributed by atoms with Gasteiger partial charge in [0.15, 0.2) is 6.29 Å². The standard InChI is InChI=1S/C23H40N2O5/c1-6-28-7-8-29-9-10-30-22(27)14-25-21-12-18(16(2)3)20(24)11-19(21)17(15-26)13-23(25,4)5/h11-12,16-17,22,26-27H,6-10,13-15,24H2,1-5H3. The van der Waals surface area contributed by atoms with Crippen molar-refractivity contribution in [3.05, 3.63) is 23.3 Å². The lowest BCUT2D eigenvalue weighted by Crippen LogP contribution is -2.52. The molecule has 4 N–H and O–H groups in total. The second-order valence-electron chi connectivity index (χ2n) is 8.84. The van der Waals surface area contributed by atoms with Crippen molar-refractivity contribution < 1.29 is 24.4 Å². The molecule has 1 aliphatic rings. The van der Waals surface area contributed by atoms with Crippen molar-refractivity contribution in [2.75, 3.05) is 56.8 Å². The minimum Gasteiger partial charge on any atom is -0.398 e. The van der Waals surface area contributed by atoms with Crippen LogP contribution >= 0.6 is 0 Å². The zero-order valence-electron chi connectivity index (χ0n) is 19.2. The quantitative estimate of drug-likeness (QED) is 0.270.